The van der Waals surface area contributed by atoms with Crippen molar-refractivity contribution in [3.8, 4) is 0 Å². The van der Waals surface area contributed by atoms with E-state index in [1.807, 2.05) is 0 Å². The molecule has 0 bridgehead atoms. The van der Waals surface area contributed by atoms with Crippen molar-refractivity contribution in [1.29, 1.82) is 0 Å². The van der Waals surface area contributed by atoms with Gasteiger partial charge in [0.1, 0.15) is 11.1 Å². The van der Waals surface area contributed by atoms with E-state index in [0.717, 1.165) is 6.42 Å². The molecule has 2 amide bonds. The molecule has 0 spiro atoms. The highest BCUT2D eigenvalue weighted by Crippen LogP contribution is 2.30. The second-order valence-electron chi connectivity index (χ2n) is 8.37. The molecule has 5 nitrogen and oxygen atoms in total. The number of hydrogen-bond donors (Lipinski definition) is 2. The molecular formula is C19H26FN3O2S. The zero-order valence-corrected chi connectivity index (χ0v) is 16.7. The van der Waals surface area contributed by atoms with Crippen molar-refractivity contribution in [2.45, 2.75) is 58.2 Å². The summed E-state index contributed by atoms with van der Waals surface area (Å²) >= 11 is 1.28. The standard InChI is InChI=1S/C19H26FN3O2S/c1-18(2,3)11-19(4,5)23-17-22-16(25)14(26-17)10-15(24)21-13-8-6-12(20)7-9-13/h6-9,14H,10-11H2,1-5H3,(H,21,24)(H,22,23,25). The molecule has 0 aliphatic carbocycles. The number of amides is 2. The van der Waals surface area contributed by atoms with Crippen LogP contribution in [0, 0.1) is 11.2 Å². The third kappa shape index (κ3) is 6.44. The number of hydrogen-bond acceptors (Lipinski definition) is 4. The third-order valence-corrected chi connectivity index (χ3v) is 4.73. The summed E-state index contributed by atoms with van der Waals surface area (Å²) in [5.74, 6) is -0.974. The van der Waals surface area contributed by atoms with Gasteiger partial charge in [-0.05, 0) is 49.9 Å². The number of aliphatic imine (C=N–C) groups is 1. The lowest BCUT2D eigenvalue weighted by Crippen LogP contribution is -2.44. The number of halogens is 1. The van der Waals surface area contributed by atoms with Gasteiger partial charge in [-0.2, -0.15) is 4.99 Å². The lowest BCUT2D eigenvalue weighted by molar-refractivity contribution is -0.121. The summed E-state index contributed by atoms with van der Waals surface area (Å²) < 4.78 is 12.9. The Morgan fingerprint density at radius 3 is 2.38 bits per heavy atom. The number of carbonyl (C=O) groups excluding carboxylic acids is 2. The SMILES string of the molecule is CC(C)(C)CC(C)(C)NC1=NC(=O)C(CC(=O)Nc2ccc(F)cc2)S1. The first-order valence-electron chi connectivity index (χ1n) is 8.56. The van der Waals surface area contributed by atoms with Gasteiger partial charge in [0.25, 0.3) is 5.91 Å². The van der Waals surface area contributed by atoms with Gasteiger partial charge in [-0.15, -0.1) is 0 Å². The van der Waals surface area contributed by atoms with Crippen LogP contribution in [0.15, 0.2) is 29.3 Å². The van der Waals surface area contributed by atoms with E-state index in [2.05, 4.69) is 50.2 Å². The molecule has 0 saturated heterocycles. The van der Waals surface area contributed by atoms with E-state index in [9.17, 15) is 14.0 Å². The molecule has 0 fully saturated rings. The fourth-order valence-electron chi connectivity index (χ4n) is 3.14. The zero-order chi connectivity index (χ0) is 19.5. The number of anilines is 1. The Hall–Kier alpha value is -1.89. The summed E-state index contributed by atoms with van der Waals surface area (Å²) in [4.78, 5) is 28.3. The molecule has 0 aromatic heterocycles. The second kappa shape index (κ2) is 7.78. The van der Waals surface area contributed by atoms with Gasteiger partial charge in [0.05, 0.1) is 0 Å². The van der Waals surface area contributed by atoms with Crippen molar-refractivity contribution < 1.29 is 14.0 Å². The molecule has 1 aromatic rings. The van der Waals surface area contributed by atoms with Crippen molar-refractivity contribution in [2.24, 2.45) is 10.4 Å². The minimum Gasteiger partial charge on any atom is -0.360 e. The zero-order valence-electron chi connectivity index (χ0n) is 15.9. The molecule has 1 aliphatic rings. The Labute approximate surface area is 158 Å². The quantitative estimate of drug-likeness (QED) is 0.812. The van der Waals surface area contributed by atoms with Crippen molar-refractivity contribution in [1.82, 2.24) is 5.32 Å². The Kier molecular flexibility index (Phi) is 6.11. The van der Waals surface area contributed by atoms with Crippen molar-refractivity contribution in [3.05, 3.63) is 30.1 Å². The minimum absolute atomic E-state index is 0.0231. The van der Waals surface area contributed by atoms with Crippen molar-refractivity contribution in [2.75, 3.05) is 5.32 Å². The summed E-state index contributed by atoms with van der Waals surface area (Å²) in [5, 5.41) is 6.01. The van der Waals surface area contributed by atoms with Crippen LogP contribution < -0.4 is 10.6 Å². The molecule has 26 heavy (non-hydrogen) atoms. The summed E-state index contributed by atoms with van der Waals surface area (Å²) in [5.41, 5.74) is 0.423. The van der Waals surface area contributed by atoms with Gasteiger partial charge in [0, 0.05) is 17.6 Å². The number of rotatable bonds is 5. The van der Waals surface area contributed by atoms with Gasteiger partial charge in [-0.3, -0.25) is 9.59 Å². The van der Waals surface area contributed by atoms with E-state index in [1.165, 1.54) is 36.0 Å². The molecule has 1 heterocycles. The van der Waals surface area contributed by atoms with E-state index >= 15 is 0 Å². The molecule has 7 heteroatoms. The molecule has 2 N–H and O–H groups in total. The van der Waals surface area contributed by atoms with Gasteiger partial charge in [0.15, 0.2) is 5.17 Å². The Bertz CT molecular complexity index is 708. The highest BCUT2D eigenvalue weighted by molar-refractivity contribution is 8.15. The van der Waals surface area contributed by atoms with E-state index in [0.29, 0.717) is 10.9 Å². The Morgan fingerprint density at radius 1 is 1.19 bits per heavy atom. The average Bonchev–Trinajstić information content (AvgIpc) is 2.77. The molecule has 0 saturated carbocycles. The van der Waals surface area contributed by atoms with Crippen LogP contribution in [0.25, 0.3) is 0 Å². The fraction of sp³-hybridized carbons (Fsp3) is 0.526. The van der Waals surface area contributed by atoms with Crippen LogP contribution in [0.5, 0.6) is 0 Å². The molecule has 0 radical (unpaired) electrons. The molecule has 1 aliphatic heterocycles. The van der Waals surface area contributed by atoms with E-state index in [1.54, 1.807) is 0 Å². The first kappa shape index (κ1) is 20.4. The smallest absolute Gasteiger partial charge is 0.262 e. The maximum atomic E-state index is 12.9. The third-order valence-electron chi connectivity index (χ3n) is 3.66. The number of nitrogens with zero attached hydrogens (tertiary/aromatic N) is 1. The van der Waals surface area contributed by atoms with Gasteiger partial charge < -0.3 is 10.6 Å². The number of thioether (sulfide) groups is 1. The van der Waals surface area contributed by atoms with Crippen LogP contribution >= 0.6 is 11.8 Å². The summed E-state index contributed by atoms with van der Waals surface area (Å²) in [6.45, 7) is 10.6. The number of carbonyl (C=O) groups is 2. The number of amidine groups is 1. The van der Waals surface area contributed by atoms with E-state index in [-0.39, 0.29) is 35.0 Å². The van der Waals surface area contributed by atoms with Crippen LogP contribution in [-0.4, -0.2) is 27.8 Å². The molecule has 2 rings (SSSR count). The number of nitrogens with one attached hydrogen (secondary N) is 2. The highest BCUT2D eigenvalue weighted by atomic mass is 32.2. The molecule has 142 valence electrons. The monoisotopic (exact) mass is 379 g/mol. The molecule has 1 atom stereocenters. The first-order valence-corrected chi connectivity index (χ1v) is 9.44. The van der Waals surface area contributed by atoms with E-state index < -0.39 is 5.25 Å². The molecule has 1 aromatic carbocycles. The summed E-state index contributed by atoms with van der Waals surface area (Å²) in [6.07, 6.45) is 0.929. The lowest BCUT2D eigenvalue weighted by atomic mass is 9.82. The van der Waals surface area contributed by atoms with Gasteiger partial charge in [0.2, 0.25) is 5.91 Å². The van der Waals surface area contributed by atoms with Crippen LogP contribution in [-0.2, 0) is 9.59 Å². The maximum absolute atomic E-state index is 12.9. The van der Waals surface area contributed by atoms with Crippen LogP contribution in [0.2, 0.25) is 0 Å². The lowest BCUT2D eigenvalue weighted by Gasteiger charge is -2.33. The maximum Gasteiger partial charge on any atom is 0.262 e. The number of benzene rings is 1. The van der Waals surface area contributed by atoms with Gasteiger partial charge >= 0.3 is 0 Å². The molecule has 1 unspecified atom stereocenters. The Balaban J connectivity index is 1.89. The second-order valence-corrected chi connectivity index (χ2v) is 9.56. The largest absolute Gasteiger partial charge is 0.360 e. The van der Waals surface area contributed by atoms with Crippen LogP contribution in [0.3, 0.4) is 0 Å². The average molecular weight is 380 g/mol. The topological polar surface area (TPSA) is 70.6 Å². The first-order chi connectivity index (χ1) is 11.9. The van der Waals surface area contributed by atoms with Gasteiger partial charge in [-0.1, -0.05) is 32.5 Å². The summed E-state index contributed by atoms with van der Waals surface area (Å²) in [6, 6.07) is 5.51. The highest BCUT2D eigenvalue weighted by Gasteiger charge is 2.34. The van der Waals surface area contributed by atoms with E-state index in [4.69, 9.17) is 0 Å². The van der Waals surface area contributed by atoms with Crippen molar-refractivity contribution >= 4 is 34.4 Å². The Morgan fingerprint density at radius 2 is 1.81 bits per heavy atom. The van der Waals surface area contributed by atoms with Crippen LogP contribution in [0.1, 0.15) is 47.5 Å². The summed E-state index contributed by atoms with van der Waals surface area (Å²) in [7, 11) is 0. The van der Waals surface area contributed by atoms with Crippen LogP contribution in [0.4, 0.5) is 10.1 Å². The predicted octanol–water partition coefficient (Wildman–Crippen LogP) is 3.96. The minimum atomic E-state index is -0.539. The fourth-order valence-corrected chi connectivity index (χ4v) is 4.28. The molecular weight excluding hydrogens is 353 g/mol. The normalized spacial score (nSPS) is 17.8. The van der Waals surface area contributed by atoms with Crippen molar-refractivity contribution in [3.63, 3.8) is 0 Å². The predicted molar refractivity (Wildman–Crippen MR) is 105 cm³/mol. The van der Waals surface area contributed by atoms with Gasteiger partial charge in [-0.25, -0.2) is 4.39 Å².